The standard InChI is InChI=1S/C23H23F2N5O3/c1-11(2)27-22(32)18-10-19(29-30-21(18)26)17-5-4-16(6-12(17)3)28-23(33)20(31)13-7-14(24)9-15(25)8-13/h4-11,20,31H,1-3H3,(H2,26,30)(H,27,32)(H,28,33)/t20-/m1/s1. The number of nitrogens with two attached hydrogens (primary N) is 1. The van der Waals surface area contributed by atoms with Gasteiger partial charge in [-0.15, -0.1) is 10.2 Å². The molecule has 2 aromatic carbocycles. The van der Waals surface area contributed by atoms with Crippen molar-refractivity contribution in [3.63, 3.8) is 0 Å². The molecule has 0 aliphatic rings. The van der Waals surface area contributed by atoms with Crippen LogP contribution in [0.3, 0.4) is 0 Å². The van der Waals surface area contributed by atoms with Crippen LogP contribution in [0.4, 0.5) is 20.3 Å². The van der Waals surface area contributed by atoms with E-state index in [1.165, 1.54) is 6.07 Å². The largest absolute Gasteiger partial charge is 0.382 e. The van der Waals surface area contributed by atoms with E-state index >= 15 is 0 Å². The highest BCUT2D eigenvalue weighted by atomic mass is 19.1. The highest BCUT2D eigenvalue weighted by Crippen LogP contribution is 2.27. The number of carbonyl (C=O) groups excluding carboxylic acids is 2. The van der Waals surface area contributed by atoms with Gasteiger partial charge in [0.1, 0.15) is 11.6 Å². The number of benzene rings is 2. The summed E-state index contributed by atoms with van der Waals surface area (Å²) in [6, 6.07) is 8.70. The molecule has 0 unspecified atom stereocenters. The number of nitrogens with one attached hydrogen (secondary N) is 2. The number of aromatic nitrogens is 2. The molecule has 0 fully saturated rings. The molecule has 0 radical (unpaired) electrons. The Kier molecular flexibility index (Phi) is 6.98. The first-order valence-corrected chi connectivity index (χ1v) is 10.0. The number of hydrogen-bond acceptors (Lipinski definition) is 6. The monoisotopic (exact) mass is 455 g/mol. The summed E-state index contributed by atoms with van der Waals surface area (Å²) in [5.41, 5.74) is 7.87. The van der Waals surface area contributed by atoms with Gasteiger partial charge in [-0.25, -0.2) is 8.78 Å². The van der Waals surface area contributed by atoms with Crippen LogP contribution < -0.4 is 16.4 Å². The normalized spacial score (nSPS) is 11.8. The Balaban J connectivity index is 1.81. The lowest BCUT2D eigenvalue weighted by Crippen LogP contribution is -2.31. The first-order valence-electron chi connectivity index (χ1n) is 10.0. The van der Waals surface area contributed by atoms with E-state index in [1.54, 1.807) is 25.1 Å². The lowest BCUT2D eigenvalue weighted by Gasteiger charge is -2.14. The lowest BCUT2D eigenvalue weighted by atomic mass is 10.0. The molecule has 3 rings (SSSR count). The Morgan fingerprint density at radius 3 is 2.30 bits per heavy atom. The van der Waals surface area contributed by atoms with E-state index in [-0.39, 0.29) is 28.9 Å². The molecule has 8 nitrogen and oxygen atoms in total. The number of aliphatic hydroxyl groups is 1. The third-order valence-electron chi connectivity index (χ3n) is 4.71. The zero-order valence-electron chi connectivity index (χ0n) is 18.2. The van der Waals surface area contributed by atoms with Crippen molar-refractivity contribution in [3.05, 3.63) is 70.8 Å². The SMILES string of the molecule is Cc1cc(NC(=O)[C@H](O)c2cc(F)cc(F)c2)ccc1-c1cc(C(=O)NC(C)C)c(N)nn1. The minimum Gasteiger partial charge on any atom is -0.382 e. The highest BCUT2D eigenvalue weighted by Gasteiger charge is 2.20. The molecular formula is C23H23F2N5O3. The molecule has 172 valence electrons. The van der Waals surface area contributed by atoms with Crippen molar-refractivity contribution in [2.45, 2.75) is 32.9 Å². The van der Waals surface area contributed by atoms with Gasteiger partial charge in [0.15, 0.2) is 11.9 Å². The average molecular weight is 455 g/mol. The predicted molar refractivity (Wildman–Crippen MR) is 119 cm³/mol. The van der Waals surface area contributed by atoms with Gasteiger partial charge in [0.25, 0.3) is 11.8 Å². The zero-order chi connectivity index (χ0) is 24.3. The molecule has 1 aromatic heterocycles. The third kappa shape index (κ3) is 5.66. The molecule has 0 saturated heterocycles. The first-order chi connectivity index (χ1) is 15.5. The van der Waals surface area contributed by atoms with E-state index in [1.807, 2.05) is 13.8 Å². The molecule has 5 N–H and O–H groups in total. The van der Waals surface area contributed by atoms with E-state index in [0.717, 1.165) is 12.1 Å². The molecule has 0 aliphatic carbocycles. The fourth-order valence-corrected chi connectivity index (χ4v) is 3.18. The minimum absolute atomic E-state index is 0.00112. The summed E-state index contributed by atoms with van der Waals surface area (Å²) >= 11 is 0. The number of aliphatic hydroxyl groups excluding tert-OH is 1. The Morgan fingerprint density at radius 2 is 1.70 bits per heavy atom. The summed E-state index contributed by atoms with van der Waals surface area (Å²) in [6.07, 6.45) is -1.76. The Hall–Kier alpha value is -3.92. The molecule has 0 spiro atoms. The van der Waals surface area contributed by atoms with Gasteiger partial charge in [-0.1, -0.05) is 6.07 Å². The Morgan fingerprint density at radius 1 is 1.03 bits per heavy atom. The molecule has 2 amide bonds. The molecular weight excluding hydrogens is 432 g/mol. The minimum atomic E-state index is -1.76. The van der Waals surface area contributed by atoms with Crippen LogP contribution in [0.1, 0.15) is 41.4 Å². The molecule has 0 bridgehead atoms. The summed E-state index contributed by atoms with van der Waals surface area (Å²) in [4.78, 5) is 24.7. The smallest absolute Gasteiger partial charge is 0.257 e. The van der Waals surface area contributed by atoms with Gasteiger partial charge in [-0.05, 0) is 62.2 Å². The van der Waals surface area contributed by atoms with Crippen LogP contribution in [0.15, 0.2) is 42.5 Å². The highest BCUT2D eigenvalue weighted by molar-refractivity contribution is 5.99. The number of rotatable bonds is 6. The molecule has 1 heterocycles. The topological polar surface area (TPSA) is 130 Å². The maximum Gasteiger partial charge on any atom is 0.257 e. The Labute approximate surface area is 188 Å². The first kappa shape index (κ1) is 23.7. The van der Waals surface area contributed by atoms with Gasteiger partial charge in [-0.3, -0.25) is 9.59 Å². The van der Waals surface area contributed by atoms with Gasteiger partial charge in [-0.2, -0.15) is 0 Å². The fourth-order valence-electron chi connectivity index (χ4n) is 3.18. The molecule has 0 aliphatic heterocycles. The van der Waals surface area contributed by atoms with Crippen molar-refractivity contribution in [3.8, 4) is 11.3 Å². The number of halogens is 2. The van der Waals surface area contributed by atoms with E-state index < -0.39 is 23.6 Å². The number of carbonyl (C=O) groups is 2. The van der Waals surface area contributed by atoms with Gasteiger partial charge in [0.05, 0.1) is 11.3 Å². The van der Waals surface area contributed by atoms with Gasteiger partial charge >= 0.3 is 0 Å². The van der Waals surface area contributed by atoms with Crippen LogP contribution in [0.5, 0.6) is 0 Å². The van der Waals surface area contributed by atoms with Crippen LogP contribution in [0, 0.1) is 18.6 Å². The predicted octanol–water partition coefficient (Wildman–Crippen LogP) is 3.12. The summed E-state index contributed by atoms with van der Waals surface area (Å²) in [7, 11) is 0. The number of nitrogens with zero attached hydrogens (tertiary/aromatic N) is 2. The fraction of sp³-hybridized carbons (Fsp3) is 0.217. The van der Waals surface area contributed by atoms with Crippen molar-refractivity contribution in [2.24, 2.45) is 0 Å². The van der Waals surface area contributed by atoms with Gasteiger partial charge in [0.2, 0.25) is 0 Å². The quantitative estimate of drug-likeness (QED) is 0.452. The van der Waals surface area contributed by atoms with Gasteiger partial charge < -0.3 is 21.5 Å². The second-order valence-corrected chi connectivity index (χ2v) is 7.78. The number of amides is 2. The van der Waals surface area contributed by atoms with Crippen molar-refractivity contribution in [2.75, 3.05) is 11.1 Å². The second kappa shape index (κ2) is 9.70. The van der Waals surface area contributed by atoms with Crippen molar-refractivity contribution in [1.29, 1.82) is 0 Å². The number of anilines is 2. The maximum atomic E-state index is 13.4. The summed E-state index contributed by atoms with van der Waals surface area (Å²) < 4.78 is 26.8. The van der Waals surface area contributed by atoms with Crippen LogP contribution in [-0.4, -0.2) is 33.2 Å². The summed E-state index contributed by atoms with van der Waals surface area (Å²) in [5.74, 6) is -3.03. The zero-order valence-corrected chi connectivity index (χ0v) is 18.2. The van der Waals surface area contributed by atoms with E-state index in [4.69, 9.17) is 5.73 Å². The number of hydrogen-bond donors (Lipinski definition) is 4. The van der Waals surface area contributed by atoms with Crippen LogP contribution in [-0.2, 0) is 4.79 Å². The Bertz CT molecular complexity index is 1200. The number of aryl methyl sites for hydroxylation is 1. The molecule has 33 heavy (non-hydrogen) atoms. The van der Waals surface area contributed by atoms with Gasteiger partial charge in [0, 0.05) is 23.4 Å². The second-order valence-electron chi connectivity index (χ2n) is 7.78. The molecule has 3 aromatic rings. The van der Waals surface area contributed by atoms with Crippen molar-refractivity contribution in [1.82, 2.24) is 15.5 Å². The van der Waals surface area contributed by atoms with Crippen LogP contribution >= 0.6 is 0 Å². The van der Waals surface area contributed by atoms with Crippen molar-refractivity contribution >= 4 is 23.3 Å². The molecule has 0 saturated carbocycles. The summed E-state index contributed by atoms with van der Waals surface area (Å²) in [5, 5.41) is 23.3. The van der Waals surface area contributed by atoms with Crippen molar-refractivity contribution < 1.29 is 23.5 Å². The van der Waals surface area contributed by atoms with Crippen LogP contribution in [0.2, 0.25) is 0 Å². The average Bonchev–Trinajstić information content (AvgIpc) is 2.72. The summed E-state index contributed by atoms with van der Waals surface area (Å²) in [6.45, 7) is 5.40. The maximum absolute atomic E-state index is 13.4. The van der Waals surface area contributed by atoms with E-state index in [9.17, 15) is 23.5 Å². The third-order valence-corrected chi connectivity index (χ3v) is 4.71. The molecule has 10 heteroatoms. The van der Waals surface area contributed by atoms with E-state index in [2.05, 4.69) is 20.8 Å². The van der Waals surface area contributed by atoms with E-state index in [0.29, 0.717) is 28.6 Å². The molecule has 1 atom stereocenters. The van der Waals surface area contributed by atoms with Crippen LogP contribution in [0.25, 0.3) is 11.3 Å². The lowest BCUT2D eigenvalue weighted by molar-refractivity contribution is -0.124. The number of nitrogen functional groups attached to an aromatic ring is 1.